The second kappa shape index (κ2) is 4.55. The average Bonchev–Trinajstić information content (AvgIpc) is 2.89. The Morgan fingerprint density at radius 1 is 1.62 bits per heavy atom. The summed E-state index contributed by atoms with van der Waals surface area (Å²) in [5.41, 5.74) is 0. The fraction of sp³-hybridized carbons (Fsp3) is 0.222. The molecule has 2 N–H and O–H groups in total. The molecule has 16 heavy (non-hydrogen) atoms. The van der Waals surface area contributed by atoms with Gasteiger partial charge in [-0.3, -0.25) is 0 Å². The molecule has 0 radical (unpaired) electrons. The first kappa shape index (κ1) is 11.0. The van der Waals surface area contributed by atoms with Crippen molar-refractivity contribution in [3.8, 4) is 16.8 Å². The standard InChI is InChI=1S/C9H9N5S2/c1-6(5-10)16-9-13-12-8(14(9)11)7-3-2-4-15-7/h2-4,6H,11H2,1H3. The molecule has 0 fully saturated rings. The molecule has 7 heteroatoms. The lowest BCUT2D eigenvalue weighted by Gasteiger charge is -2.02. The zero-order valence-electron chi connectivity index (χ0n) is 8.49. The van der Waals surface area contributed by atoms with E-state index >= 15 is 0 Å². The third-order valence-corrected chi connectivity index (χ3v) is 3.68. The van der Waals surface area contributed by atoms with E-state index in [2.05, 4.69) is 16.3 Å². The van der Waals surface area contributed by atoms with Gasteiger partial charge in [-0.15, -0.1) is 21.5 Å². The number of rotatable bonds is 3. The number of nitrogens with zero attached hydrogens (tertiary/aromatic N) is 4. The summed E-state index contributed by atoms with van der Waals surface area (Å²) in [7, 11) is 0. The Morgan fingerprint density at radius 3 is 3.06 bits per heavy atom. The number of hydrogen-bond donors (Lipinski definition) is 1. The van der Waals surface area contributed by atoms with Crippen molar-refractivity contribution in [2.24, 2.45) is 0 Å². The normalized spacial score (nSPS) is 12.2. The van der Waals surface area contributed by atoms with Crippen molar-refractivity contribution in [3.05, 3.63) is 17.5 Å². The van der Waals surface area contributed by atoms with E-state index in [9.17, 15) is 0 Å². The minimum Gasteiger partial charge on any atom is -0.335 e. The predicted octanol–water partition coefficient (Wildman–Crippen LogP) is 1.72. The Labute approximate surface area is 101 Å². The maximum atomic E-state index is 8.71. The molecule has 2 heterocycles. The van der Waals surface area contributed by atoms with Gasteiger partial charge in [0.05, 0.1) is 16.2 Å². The number of nitrogens with two attached hydrogens (primary N) is 1. The molecule has 0 saturated carbocycles. The van der Waals surface area contributed by atoms with Crippen LogP contribution in [0.25, 0.3) is 10.7 Å². The van der Waals surface area contributed by atoms with Crippen LogP contribution in [0.2, 0.25) is 0 Å². The molecule has 0 bridgehead atoms. The SMILES string of the molecule is CC(C#N)Sc1nnc(-c2cccs2)n1N. The van der Waals surface area contributed by atoms with E-state index in [-0.39, 0.29) is 5.25 Å². The smallest absolute Gasteiger partial charge is 0.211 e. The zero-order chi connectivity index (χ0) is 11.5. The first-order valence-electron chi connectivity index (χ1n) is 4.53. The molecule has 0 amide bonds. The summed E-state index contributed by atoms with van der Waals surface area (Å²) in [6, 6.07) is 5.97. The highest BCUT2D eigenvalue weighted by molar-refractivity contribution is 8.00. The van der Waals surface area contributed by atoms with Crippen molar-refractivity contribution in [2.45, 2.75) is 17.3 Å². The van der Waals surface area contributed by atoms with Crippen LogP contribution >= 0.6 is 23.1 Å². The van der Waals surface area contributed by atoms with Gasteiger partial charge < -0.3 is 5.84 Å². The van der Waals surface area contributed by atoms with Crippen LogP contribution in [0.3, 0.4) is 0 Å². The lowest BCUT2D eigenvalue weighted by Crippen LogP contribution is -2.12. The predicted molar refractivity (Wildman–Crippen MR) is 64.4 cm³/mol. The van der Waals surface area contributed by atoms with Crippen molar-refractivity contribution in [3.63, 3.8) is 0 Å². The van der Waals surface area contributed by atoms with E-state index in [1.54, 1.807) is 18.3 Å². The molecule has 2 aromatic rings. The largest absolute Gasteiger partial charge is 0.335 e. The number of nitrogen functional groups attached to an aromatic ring is 1. The Balaban J connectivity index is 2.29. The third-order valence-electron chi connectivity index (χ3n) is 1.87. The van der Waals surface area contributed by atoms with Gasteiger partial charge in [-0.05, 0) is 18.4 Å². The van der Waals surface area contributed by atoms with Crippen molar-refractivity contribution < 1.29 is 0 Å². The quantitative estimate of drug-likeness (QED) is 0.663. The van der Waals surface area contributed by atoms with Crippen molar-refractivity contribution in [1.82, 2.24) is 14.9 Å². The van der Waals surface area contributed by atoms with Crippen LogP contribution in [0.5, 0.6) is 0 Å². The van der Waals surface area contributed by atoms with Crippen LogP contribution in [0.15, 0.2) is 22.7 Å². The fourth-order valence-corrected chi connectivity index (χ4v) is 2.48. The Hall–Kier alpha value is -1.52. The Bertz CT molecular complexity index is 510. The molecular formula is C9H9N5S2. The summed E-state index contributed by atoms with van der Waals surface area (Å²) >= 11 is 2.85. The van der Waals surface area contributed by atoms with Crippen molar-refractivity contribution in [2.75, 3.05) is 5.84 Å². The molecule has 1 unspecified atom stereocenters. The van der Waals surface area contributed by atoms with E-state index in [1.165, 1.54) is 16.4 Å². The topological polar surface area (TPSA) is 80.5 Å². The van der Waals surface area contributed by atoms with Crippen LogP contribution in [0, 0.1) is 11.3 Å². The van der Waals surface area contributed by atoms with Crippen LogP contribution in [-0.2, 0) is 0 Å². The summed E-state index contributed by atoms with van der Waals surface area (Å²) in [5, 5.41) is 19.0. The number of thiophene rings is 1. The molecule has 5 nitrogen and oxygen atoms in total. The van der Waals surface area contributed by atoms with Gasteiger partial charge in [0.2, 0.25) is 5.16 Å². The molecule has 2 rings (SSSR count). The third kappa shape index (κ3) is 2.03. The van der Waals surface area contributed by atoms with Crippen molar-refractivity contribution >= 4 is 23.1 Å². The van der Waals surface area contributed by atoms with Crippen LogP contribution in [-0.4, -0.2) is 20.1 Å². The van der Waals surface area contributed by atoms with Gasteiger partial charge in [-0.1, -0.05) is 17.8 Å². The summed E-state index contributed by atoms with van der Waals surface area (Å²) in [4.78, 5) is 0.964. The van der Waals surface area contributed by atoms with Gasteiger partial charge in [-0.2, -0.15) is 5.26 Å². The molecule has 2 aromatic heterocycles. The van der Waals surface area contributed by atoms with Gasteiger partial charge in [0, 0.05) is 0 Å². The molecule has 0 aliphatic rings. The summed E-state index contributed by atoms with van der Waals surface area (Å²) < 4.78 is 1.42. The van der Waals surface area contributed by atoms with Crippen LogP contribution < -0.4 is 5.84 Å². The van der Waals surface area contributed by atoms with E-state index in [0.29, 0.717) is 11.0 Å². The highest BCUT2D eigenvalue weighted by Crippen LogP contribution is 2.26. The first-order chi connectivity index (χ1) is 7.72. The average molecular weight is 251 g/mol. The Kier molecular flexibility index (Phi) is 3.12. The summed E-state index contributed by atoms with van der Waals surface area (Å²) in [6.07, 6.45) is 0. The highest BCUT2D eigenvalue weighted by atomic mass is 32.2. The van der Waals surface area contributed by atoms with Crippen LogP contribution in [0.1, 0.15) is 6.92 Å². The highest BCUT2D eigenvalue weighted by Gasteiger charge is 2.14. The van der Waals surface area contributed by atoms with Gasteiger partial charge >= 0.3 is 0 Å². The molecule has 0 aromatic carbocycles. The van der Waals surface area contributed by atoms with E-state index in [1.807, 2.05) is 17.5 Å². The molecule has 0 aliphatic heterocycles. The number of aromatic nitrogens is 3. The minimum atomic E-state index is -0.192. The van der Waals surface area contributed by atoms with Crippen LogP contribution in [0.4, 0.5) is 0 Å². The van der Waals surface area contributed by atoms with E-state index < -0.39 is 0 Å². The number of thioether (sulfide) groups is 1. The molecular weight excluding hydrogens is 242 g/mol. The maximum absolute atomic E-state index is 8.71. The van der Waals surface area contributed by atoms with Gasteiger partial charge in [-0.25, -0.2) is 4.68 Å². The fourth-order valence-electron chi connectivity index (χ4n) is 1.12. The Morgan fingerprint density at radius 2 is 2.44 bits per heavy atom. The zero-order valence-corrected chi connectivity index (χ0v) is 10.1. The minimum absolute atomic E-state index is 0.192. The molecule has 82 valence electrons. The van der Waals surface area contributed by atoms with Gasteiger partial charge in [0.15, 0.2) is 5.82 Å². The van der Waals surface area contributed by atoms with Gasteiger partial charge in [0.25, 0.3) is 0 Å². The first-order valence-corrected chi connectivity index (χ1v) is 6.29. The van der Waals surface area contributed by atoms with Crippen molar-refractivity contribution in [1.29, 1.82) is 5.26 Å². The molecule has 0 spiro atoms. The molecule has 1 atom stereocenters. The number of hydrogen-bond acceptors (Lipinski definition) is 6. The lowest BCUT2D eigenvalue weighted by molar-refractivity contribution is 0.848. The summed E-state index contributed by atoms with van der Waals surface area (Å²) in [5.74, 6) is 6.49. The van der Waals surface area contributed by atoms with E-state index in [0.717, 1.165) is 4.88 Å². The second-order valence-electron chi connectivity index (χ2n) is 3.04. The monoisotopic (exact) mass is 251 g/mol. The molecule has 0 aliphatic carbocycles. The maximum Gasteiger partial charge on any atom is 0.211 e. The van der Waals surface area contributed by atoms with Gasteiger partial charge in [0.1, 0.15) is 0 Å². The number of nitriles is 1. The molecule has 0 saturated heterocycles. The lowest BCUT2D eigenvalue weighted by atomic mass is 10.4. The second-order valence-corrected chi connectivity index (χ2v) is 5.30. The summed E-state index contributed by atoms with van der Waals surface area (Å²) in [6.45, 7) is 1.80. The van der Waals surface area contributed by atoms with E-state index in [4.69, 9.17) is 11.1 Å².